The molecule has 0 spiro atoms. The summed E-state index contributed by atoms with van der Waals surface area (Å²) in [7, 11) is 0. The molecule has 1 atom stereocenters. The molecule has 1 aromatic heterocycles. The van der Waals surface area contributed by atoms with Crippen LogP contribution in [0.4, 0.5) is 10.1 Å². The van der Waals surface area contributed by atoms with Gasteiger partial charge in [-0.2, -0.15) is 4.99 Å². The highest BCUT2D eigenvalue weighted by Crippen LogP contribution is 2.17. The lowest BCUT2D eigenvalue weighted by molar-refractivity contribution is -0.149. The van der Waals surface area contributed by atoms with Crippen LogP contribution in [0.3, 0.4) is 0 Å². The number of thiazole rings is 1. The van der Waals surface area contributed by atoms with Gasteiger partial charge in [-0.3, -0.25) is 19.0 Å². The zero-order chi connectivity index (χ0) is 22.4. The van der Waals surface area contributed by atoms with Crippen LogP contribution in [0.5, 0.6) is 0 Å². The number of halogens is 1. The van der Waals surface area contributed by atoms with Crippen LogP contribution in [0.15, 0.2) is 34.8 Å². The first-order chi connectivity index (χ1) is 14.8. The third kappa shape index (κ3) is 6.31. The maximum Gasteiger partial charge on any atom is 0.324 e. The summed E-state index contributed by atoms with van der Waals surface area (Å²) in [5.41, 5.74) is 0.0623. The number of amides is 2. The van der Waals surface area contributed by atoms with Crippen LogP contribution >= 0.6 is 11.3 Å². The number of hydrogen-bond donors (Lipinski definition) is 2. The molecule has 2 heterocycles. The molecule has 2 amide bonds. The highest BCUT2D eigenvalue weighted by Gasteiger charge is 2.23. The summed E-state index contributed by atoms with van der Waals surface area (Å²) in [6, 6.07) is 3.49. The number of aromatic nitrogens is 1. The molecule has 3 rings (SSSR count). The molecule has 0 radical (unpaired) electrons. The van der Waals surface area contributed by atoms with Crippen LogP contribution in [0.1, 0.15) is 43.5 Å². The van der Waals surface area contributed by atoms with Crippen LogP contribution < -0.4 is 15.4 Å². The summed E-state index contributed by atoms with van der Waals surface area (Å²) in [4.78, 5) is 40.7. The van der Waals surface area contributed by atoms with Gasteiger partial charge in [0.1, 0.15) is 11.9 Å². The molecule has 1 fully saturated rings. The smallest absolute Gasteiger partial charge is 0.324 e. The fraction of sp³-hybridized carbons (Fsp3) is 0.429. The van der Waals surface area contributed by atoms with E-state index in [1.807, 2.05) is 13.8 Å². The summed E-state index contributed by atoms with van der Waals surface area (Å²) in [5.74, 6) is -1.84. The minimum Gasteiger partial charge on any atom is -0.443 e. The number of carbonyl (C=O) groups is 3. The second-order valence-corrected chi connectivity index (χ2v) is 8.53. The Kier molecular flexibility index (Phi) is 7.69. The molecule has 2 N–H and O–H groups in total. The third-order valence-electron chi connectivity index (χ3n) is 4.63. The van der Waals surface area contributed by atoms with Crippen molar-refractivity contribution in [3.63, 3.8) is 0 Å². The molecule has 0 aliphatic carbocycles. The zero-order valence-corrected chi connectivity index (χ0v) is 18.2. The monoisotopic (exact) mass is 448 g/mol. The molecule has 1 saturated heterocycles. The maximum absolute atomic E-state index is 14.3. The minimum atomic E-state index is -0.713. The fourth-order valence-electron chi connectivity index (χ4n) is 3.08. The Labute approximate surface area is 183 Å². The predicted molar refractivity (Wildman–Crippen MR) is 114 cm³/mol. The Morgan fingerprint density at radius 2 is 2.19 bits per heavy atom. The van der Waals surface area contributed by atoms with Gasteiger partial charge in [-0.05, 0) is 43.5 Å². The van der Waals surface area contributed by atoms with E-state index in [-0.39, 0.29) is 48.2 Å². The van der Waals surface area contributed by atoms with Gasteiger partial charge in [-0.1, -0.05) is 13.8 Å². The number of nitrogens with one attached hydrogen (secondary N) is 2. The molecule has 2 aromatic rings. The predicted octanol–water partition coefficient (Wildman–Crippen LogP) is 2.67. The van der Waals surface area contributed by atoms with E-state index in [1.54, 1.807) is 11.6 Å². The number of anilines is 1. The van der Waals surface area contributed by atoms with Crippen molar-refractivity contribution in [3.05, 3.63) is 46.0 Å². The summed E-state index contributed by atoms with van der Waals surface area (Å²) in [6.45, 7) is 4.50. The highest BCUT2D eigenvalue weighted by atomic mass is 32.1. The summed E-state index contributed by atoms with van der Waals surface area (Å²) in [6.07, 6.45) is 3.59. The molecule has 0 saturated carbocycles. The van der Waals surface area contributed by atoms with Gasteiger partial charge in [0.05, 0.1) is 5.69 Å². The van der Waals surface area contributed by atoms with Gasteiger partial charge < -0.3 is 15.4 Å². The first kappa shape index (κ1) is 22.8. The second-order valence-electron chi connectivity index (χ2n) is 7.65. The molecule has 1 aliphatic heterocycles. The van der Waals surface area contributed by atoms with Crippen LogP contribution in [-0.4, -0.2) is 34.9 Å². The SMILES string of the molecule is CC(C)CC(=O)Nc1ccc(C(=O)N=c2sccn2COC(=O)[C@@H]2CCCN2)cc1F. The van der Waals surface area contributed by atoms with Gasteiger partial charge in [0.2, 0.25) is 5.91 Å². The molecule has 166 valence electrons. The molecule has 0 bridgehead atoms. The molecule has 1 aromatic carbocycles. The largest absolute Gasteiger partial charge is 0.443 e. The lowest BCUT2D eigenvalue weighted by atomic mass is 10.1. The number of benzene rings is 1. The van der Waals surface area contributed by atoms with Crippen molar-refractivity contribution in [3.8, 4) is 0 Å². The van der Waals surface area contributed by atoms with Crippen molar-refractivity contribution < 1.29 is 23.5 Å². The average Bonchev–Trinajstić information content (AvgIpc) is 3.39. The Bertz CT molecular complexity index is 1020. The number of ether oxygens (including phenoxy) is 1. The molecule has 8 nitrogen and oxygen atoms in total. The lowest BCUT2D eigenvalue weighted by Gasteiger charge is -2.10. The van der Waals surface area contributed by atoms with Crippen molar-refractivity contribution in [2.75, 3.05) is 11.9 Å². The van der Waals surface area contributed by atoms with Gasteiger partial charge in [-0.15, -0.1) is 11.3 Å². The van der Waals surface area contributed by atoms with Crippen molar-refractivity contribution >= 4 is 34.8 Å². The molecular formula is C21H25FN4O4S. The summed E-state index contributed by atoms with van der Waals surface area (Å²) in [5, 5.41) is 7.28. The van der Waals surface area contributed by atoms with Crippen LogP contribution in [-0.2, 0) is 21.1 Å². The number of esters is 1. The Morgan fingerprint density at radius 3 is 2.87 bits per heavy atom. The van der Waals surface area contributed by atoms with Crippen LogP contribution in [0, 0.1) is 11.7 Å². The van der Waals surface area contributed by atoms with E-state index in [1.165, 1.54) is 28.0 Å². The fourth-order valence-corrected chi connectivity index (χ4v) is 3.79. The number of carbonyl (C=O) groups excluding carboxylic acids is 3. The van der Waals surface area contributed by atoms with Crippen molar-refractivity contribution in [2.45, 2.75) is 45.9 Å². The van der Waals surface area contributed by atoms with Gasteiger partial charge in [0, 0.05) is 23.6 Å². The molecular weight excluding hydrogens is 423 g/mol. The average molecular weight is 449 g/mol. The summed E-state index contributed by atoms with van der Waals surface area (Å²) < 4.78 is 21.2. The Morgan fingerprint density at radius 1 is 1.39 bits per heavy atom. The van der Waals surface area contributed by atoms with E-state index in [0.717, 1.165) is 25.5 Å². The van der Waals surface area contributed by atoms with Crippen LogP contribution in [0.2, 0.25) is 0 Å². The first-order valence-electron chi connectivity index (χ1n) is 10.1. The van der Waals surface area contributed by atoms with E-state index in [4.69, 9.17) is 4.74 Å². The third-order valence-corrected chi connectivity index (χ3v) is 5.43. The molecule has 0 unspecified atom stereocenters. The zero-order valence-electron chi connectivity index (χ0n) is 17.4. The molecule has 1 aliphatic rings. The van der Waals surface area contributed by atoms with Crippen molar-refractivity contribution in [1.29, 1.82) is 0 Å². The van der Waals surface area contributed by atoms with E-state index < -0.39 is 11.7 Å². The topological polar surface area (TPSA) is 102 Å². The number of rotatable bonds is 7. The Hall–Kier alpha value is -2.85. The van der Waals surface area contributed by atoms with E-state index >= 15 is 0 Å². The van der Waals surface area contributed by atoms with Gasteiger partial charge in [0.15, 0.2) is 11.5 Å². The molecule has 10 heteroatoms. The quantitative estimate of drug-likeness (QED) is 0.634. The van der Waals surface area contributed by atoms with Gasteiger partial charge >= 0.3 is 5.97 Å². The van der Waals surface area contributed by atoms with Gasteiger partial charge in [0.25, 0.3) is 5.91 Å². The summed E-state index contributed by atoms with van der Waals surface area (Å²) >= 11 is 1.20. The molecule has 31 heavy (non-hydrogen) atoms. The number of nitrogens with zero attached hydrogens (tertiary/aromatic N) is 2. The second kappa shape index (κ2) is 10.5. The van der Waals surface area contributed by atoms with E-state index in [9.17, 15) is 18.8 Å². The van der Waals surface area contributed by atoms with E-state index in [2.05, 4.69) is 15.6 Å². The van der Waals surface area contributed by atoms with Crippen molar-refractivity contribution in [2.24, 2.45) is 10.9 Å². The number of hydrogen-bond acceptors (Lipinski definition) is 6. The standard InChI is InChI=1S/C21H25FN4O4S/c1-13(2)10-18(27)24-16-6-5-14(11-15(16)22)19(28)25-21-26(8-9-31-21)12-30-20(29)17-4-3-7-23-17/h5-6,8-9,11,13,17,23H,3-4,7,10,12H2,1-2H3,(H,24,27)/t17-/m0/s1. The lowest BCUT2D eigenvalue weighted by Crippen LogP contribution is -2.33. The first-order valence-corrected chi connectivity index (χ1v) is 10.9. The Balaban J connectivity index is 1.67. The van der Waals surface area contributed by atoms with Crippen molar-refractivity contribution in [1.82, 2.24) is 9.88 Å². The van der Waals surface area contributed by atoms with E-state index in [0.29, 0.717) is 4.80 Å². The highest BCUT2D eigenvalue weighted by molar-refractivity contribution is 7.07. The minimum absolute atomic E-state index is 0.0147. The van der Waals surface area contributed by atoms with Gasteiger partial charge in [-0.25, -0.2) is 4.39 Å². The van der Waals surface area contributed by atoms with Crippen LogP contribution in [0.25, 0.3) is 0 Å². The normalized spacial score (nSPS) is 16.5. The maximum atomic E-state index is 14.3.